The highest BCUT2D eigenvalue weighted by molar-refractivity contribution is 5.70. The summed E-state index contributed by atoms with van der Waals surface area (Å²) >= 11 is 0. The first kappa shape index (κ1) is 10.8. The predicted octanol–water partition coefficient (Wildman–Crippen LogP) is 3.70. The molecule has 0 atom stereocenters. The molecule has 3 heteroatoms. The molecule has 1 N–H and O–H groups in total. The maximum Gasteiger partial charge on any atom is 0.177 e. The van der Waals surface area contributed by atoms with Crippen LogP contribution in [0.2, 0.25) is 0 Å². The molecular weight excluding hydrogens is 210 g/mol. The van der Waals surface area contributed by atoms with E-state index in [2.05, 4.69) is 21.0 Å². The highest BCUT2D eigenvalue weighted by atomic mass is 15.0. The topological polar surface area (TPSA) is 41.6 Å². The molecule has 3 rings (SSSR count). The summed E-state index contributed by atoms with van der Waals surface area (Å²) in [6.07, 6.45) is 8.00. The molecule has 17 heavy (non-hydrogen) atoms. The van der Waals surface area contributed by atoms with E-state index in [9.17, 15) is 0 Å². The third kappa shape index (κ3) is 2.19. The van der Waals surface area contributed by atoms with Gasteiger partial charge in [0, 0.05) is 11.6 Å². The number of imidazole rings is 1. The second-order valence-corrected chi connectivity index (χ2v) is 5.13. The number of hydrogen-bond acceptors (Lipinski definition) is 2. The number of hydrogen-bond donors (Lipinski definition) is 1. The maximum absolute atomic E-state index is 4.67. The van der Waals surface area contributed by atoms with E-state index in [0.717, 1.165) is 22.7 Å². The van der Waals surface area contributed by atoms with Crippen molar-refractivity contribution in [3.05, 3.63) is 23.7 Å². The Bertz CT molecular complexity index is 507. The number of nitrogens with zero attached hydrogens (tertiary/aromatic N) is 2. The van der Waals surface area contributed by atoms with Crippen molar-refractivity contribution >= 4 is 11.2 Å². The predicted molar refractivity (Wildman–Crippen MR) is 69.1 cm³/mol. The Balaban J connectivity index is 1.93. The first-order valence-electron chi connectivity index (χ1n) is 6.66. The van der Waals surface area contributed by atoms with Crippen LogP contribution in [0.3, 0.4) is 0 Å². The lowest BCUT2D eigenvalue weighted by Gasteiger charge is -2.09. The molecule has 3 nitrogen and oxygen atoms in total. The van der Waals surface area contributed by atoms with Gasteiger partial charge in [-0.05, 0) is 31.9 Å². The molecule has 0 aliphatic heterocycles. The van der Waals surface area contributed by atoms with Gasteiger partial charge < -0.3 is 4.98 Å². The quantitative estimate of drug-likeness (QED) is 0.757. The summed E-state index contributed by atoms with van der Waals surface area (Å²) in [6, 6.07) is 4.13. The monoisotopic (exact) mass is 229 g/mol. The van der Waals surface area contributed by atoms with Crippen LogP contribution < -0.4 is 0 Å². The van der Waals surface area contributed by atoms with Crippen molar-refractivity contribution in [1.29, 1.82) is 0 Å². The second kappa shape index (κ2) is 4.47. The fourth-order valence-corrected chi connectivity index (χ4v) is 2.75. The van der Waals surface area contributed by atoms with Crippen LogP contribution >= 0.6 is 0 Å². The fraction of sp³-hybridized carbons (Fsp3) is 0.571. The molecule has 2 aromatic rings. The van der Waals surface area contributed by atoms with E-state index >= 15 is 0 Å². The van der Waals surface area contributed by atoms with Crippen molar-refractivity contribution in [3.8, 4) is 0 Å². The number of pyridine rings is 1. The minimum absolute atomic E-state index is 0.618. The van der Waals surface area contributed by atoms with Crippen molar-refractivity contribution in [2.75, 3.05) is 0 Å². The van der Waals surface area contributed by atoms with Crippen molar-refractivity contribution in [2.24, 2.45) is 0 Å². The number of H-pyrrole nitrogens is 1. The Kier molecular flexibility index (Phi) is 2.83. The molecule has 1 aliphatic rings. The summed E-state index contributed by atoms with van der Waals surface area (Å²) in [5.74, 6) is 1.77. The standard InChI is InChI=1S/C14H19N3/c1-10-8-9-12-14(15-10)17-13(16-12)11-6-4-2-3-5-7-11/h8-9,11H,2-7H2,1H3,(H,15,16,17). The van der Waals surface area contributed by atoms with Crippen molar-refractivity contribution < 1.29 is 0 Å². The van der Waals surface area contributed by atoms with Gasteiger partial charge in [-0.2, -0.15) is 0 Å². The maximum atomic E-state index is 4.67. The van der Waals surface area contributed by atoms with E-state index < -0.39 is 0 Å². The molecule has 0 unspecified atom stereocenters. The van der Waals surface area contributed by atoms with Gasteiger partial charge in [0.2, 0.25) is 0 Å². The minimum atomic E-state index is 0.618. The first-order chi connectivity index (χ1) is 8.33. The zero-order valence-electron chi connectivity index (χ0n) is 10.4. The first-order valence-corrected chi connectivity index (χ1v) is 6.66. The van der Waals surface area contributed by atoms with Gasteiger partial charge in [-0.3, -0.25) is 0 Å². The summed E-state index contributed by atoms with van der Waals surface area (Å²) < 4.78 is 0. The van der Waals surface area contributed by atoms with Crippen molar-refractivity contribution in [3.63, 3.8) is 0 Å². The van der Waals surface area contributed by atoms with E-state index in [-0.39, 0.29) is 0 Å². The van der Waals surface area contributed by atoms with Crippen molar-refractivity contribution in [2.45, 2.75) is 51.4 Å². The molecule has 1 saturated carbocycles. The Morgan fingerprint density at radius 1 is 1.06 bits per heavy atom. The van der Waals surface area contributed by atoms with Crippen LogP contribution in [0.15, 0.2) is 12.1 Å². The highest BCUT2D eigenvalue weighted by Gasteiger charge is 2.18. The summed E-state index contributed by atoms with van der Waals surface area (Å²) in [5, 5.41) is 0. The number of aromatic amines is 1. The van der Waals surface area contributed by atoms with E-state index in [1.807, 2.05) is 13.0 Å². The third-order valence-corrected chi connectivity index (χ3v) is 3.75. The van der Waals surface area contributed by atoms with Gasteiger partial charge in [-0.15, -0.1) is 0 Å². The van der Waals surface area contributed by atoms with Gasteiger partial charge in [0.15, 0.2) is 5.65 Å². The lowest BCUT2D eigenvalue weighted by atomic mass is 10.00. The summed E-state index contributed by atoms with van der Waals surface area (Å²) in [6.45, 7) is 2.01. The summed E-state index contributed by atoms with van der Waals surface area (Å²) in [4.78, 5) is 12.6. The summed E-state index contributed by atoms with van der Waals surface area (Å²) in [7, 11) is 0. The average Bonchev–Trinajstić information content (AvgIpc) is 2.57. The number of rotatable bonds is 1. The number of aromatic nitrogens is 3. The van der Waals surface area contributed by atoms with Crippen molar-refractivity contribution in [1.82, 2.24) is 15.0 Å². The van der Waals surface area contributed by atoms with E-state index in [0.29, 0.717) is 5.92 Å². The van der Waals surface area contributed by atoms with Crippen LogP contribution in [-0.4, -0.2) is 15.0 Å². The molecule has 0 spiro atoms. The Hall–Kier alpha value is -1.38. The second-order valence-electron chi connectivity index (χ2n) is 5.13. The van der Waals surface area contributed by atoms with E-state index in [1.165, 1.54) is 38.5 Å². The molecule has 0 bridgehead atoms. The molecule has 0 saturated heterocycles. The Labute approximate surface area is 102 Å². The lowest BCUT2D eigenvalue weighted by Crippen LogP contribution is -1.99. The van der Waals surface area contributed by atoms with Crippen LogP contribution in [-0.2, 0) is 0 Å². The Morgan fingerprint density at radius 3 is 2.59 bits per heavy atom. The molecule has 0 amide bonds. The molecule has 2 aromatic heterocycles. The molecule has 0 aromatic carbocycles. The van der Waals surface area contributed by atoms with Gasteiger partial charge in [0.1, 0.15) is 5.82 Å². The van der Waals surface area contributed by atoms with Crippen LogP contribution in [0, 0.1) is 6.92 Å². The zero-order valence-corrected chi connectivity index (χ0v) is 10.4. The highest BCUT2D eigenvalue weighted by Crippen LogP contribution is 2.30. The number of aryl methyl sites for hydroxylation is 1. The molecule has 0 radical (unpaired) electrons. The Morgan fingerprint density at radius 2 is 1.82 bits per heavy atom. The summed E-state index contributed by atoms with van der Waals surface area (Å²) in [5.41, 5.74) is 3.00. The third-order valence-electron chi connectivity index (χ3n) is 3.75. The van der Waals surface area contributed by atoms with Gasteiger partial charge in [-0.25, -0.2) is 9.97 Å². The smallest absolute Gasteiger partial charge is 0.177 e. The normalized spacial score (nSPS) is 18.4. The zero-order chi connectivity index (χ0) is 11.7. The number of nitrogens with one attached hydrogen (secondary N) is 1. The fourth-order valence-electron chi connectivity index (χ4n) is 2.75. The van der Waals surface area contributed by atoms with E-state index in [4.69, 9.17) is 0 Å². The van der Waals surface area contributed by atoms with Gasteiger partial charge in [0.25, 0.3) is 0 Å². The average molecular weight is 229 g/mol. The van der Waals surface area contributed by atoms with Gasteiger partial charge >= 0.3 is 0 Å². The van der Waals surface area contributed by atoms with Crippen LogP contribution in [0.5, 0.6) is 0 Å². The molecule has 1 aliphatic carbocycles. The van der Waals surface area contributed by atoms with E-state index in [1.54, 1.807) is 0 Å². The largest absolute Gasteiger partial charge is 0.340 e. The molecular formula is C14H19N3. The molecule has 2 heterocycles. The minimum Gasteiger partial charge on any atom is -0.340 e. The SMILES string of the molecule is Cc1ccc2[nH]c(C3CCCCCC3)nc2n1. The molecule has 1 fully saturated rings. The lowest BCUT2D eigenvalue weighted by molar-refractivity contribution is 0.567. The van der Waals surface area contributed by atoms with Gasteiger partial charge in [-0.1, -0.05) is 25.7 Å². The van der Waals surface area contributed by atoms with Crippen LogP contribution in [0.1, 0.15) is 56.0 Å². The number of fused-ring (bicyclic) bond motifs is 1. The molecule has 90 valence electrons. The van der Waals surface area contributed by atoms with Crippen LogP contribution in [0.25, 0.3) is 11.2 Å². The van der Waals surface area contributed by atoms with Gasteiger partial charge in [0.05, 0.1) is 5.52 Å². The van der Waals surface area contributed by atoms with Crippen LogP contribution in [0.4, 0.5) is 0 Å².